The summed E-state index contributed by atoms with van der Waals surface area (Å²) in [5.74, 6) is -0.369. The van der Waals surface area contributed by atoms with Crippen molar-refractivity contribution >= 4 is 12.0 Å². The predicted octanol–water partition coefficient (Wildman–Crippen LogP) is 3.51. The molecule has 0 aliphatic carbocycles. The molecule has 0 saturated heterocycles. The lowest BCUT2D eigenvalue weighted by Crippen LogP contribution is -2.10. The van der Waals surface area contributed by atoms with E-state index in [1.54, 1.807) is 13.0 Å². The van der Waals surface area contributed by atoms with Gasteiger partial charge >= 0.3 is 5.97 Å². The molecule has 0 aliphatic heterocycles. The second-order valence-corrected chi connectivity index (χ2v) is 3.66. The van der Waals surface area contributed by atoms with Crippen molar-refractivity contribution in [3.63, 3.8) is 0 Å². The van der Waals surface area contributed by atoms with E-state index in [9.17, 15) is 4.79 Å². The predicted molar refractivity (Wildman–Crippen MR) is 65.9 cm³/mol. The van der Waals surface area contributed by atoms with Crippen LogP contribution in [0.25, 0.3) is 6.08 Å². The van der Waals surface area contributed by atoms with Crippen LogP contribution in [-0.2, 0) is 9.53 Å². The van der Waals surface area contributed by atoms with Crippen LogP contribution < -0.4 is 0 Å². The minimum atomic E-state index is -0.369. The summed E-state index contributed by atoms with van der Waals surface area (Å²) in [7, 11) is 0. The molecule has 0 bridgehead atoms. The van der Waals surface area contributed by atoms with Crippen LogP contribution in [0.4, 0.5) is 0 Å². The molecule has 0 saturated carbocycles. The summed E-state index contributed by atoms with van der Waals surface area (Å²) in [4.78, 5) is 11.4. The number of carbonyl (C=O) groups excluding carboxylic acids is 1. The first-order valence-corrected chi connectivity index (χ1v) is 5.14. The van der Waals surface area contributed by atoms with Gasteiger partial charge in [0, 0.05) is 5.57 Å². The van der Waals surface area contributed by atoms with E-state index >= 15 is 0 Å². The highest BCUT2D eigenvalue weighted by atomic mass is 16.5. The van der Waals surface area contributed by atoms with Gasteiger partial charge in [-0.25, -0.2) is 4.79 Å². The molecule has 2 nitrogen and oxygen atoms in total. The third-order valence-electron chi connectivity index (χ3n) is 2.29. The lowest BCUT2D eigenvalue weighted by Gasteiger charge is -2.15. The van der Waals surface area contributed by atoms with E-state index in [0.29, 0.717) is 5.57 Å². The van der Waals surface area contributed by atoms with Crippen LogP contribution >= 0.6 is 0 Å². The zero-order chi connectivity index (χ0) is 12.1. The van der Waals surface area contributed by atoms with Crippen molar-refractivity contribution < 1.29 is 9.53 Å². The summed E-state index contributed by atoms with van der Waals surface area (Å²) in [5, 5.41) is 0. The van der Waals surface area contributed by atoms with Crippen molar-refractivity contribution in [3.05, 3.63) is 54.1 Å². The Hall–Kier alpha value is -1.83. The van der Waals surface area contributed by atoms with Crippen LogP contribution in [0.15, 0.2) is 43.0 Å². The summed E-state index contributed by atoms with van der Waals surface area (Å²) < 4.78 is 5.25. The molecule has 0 radical (unpaired) electrons. The Labute approximate surface area is 96.2 Å². The maximum Gasteiger partial charge on any atom is 0.333 e. The van der Waals surface area contributed by atoms with Crippen molar-refractivity contribution in [1.29, 1.82) is 0 Å². The average Bonchev–Trinajstić information content (AvgIpc) is 2.28. The minimum absolute atomic E-state index is 0.293. The fourth-order valence-electron chi connectivity index (χ4n) is 1.39. The highest BCUT2D eigenvalue weighted by molar-refractivity contribution is 5.87. The fraction of sp³-hybridized carbons (Fsp3) is 0.214. The standard InChI is InChI=1S/C14H16O2/c1-5-12-8-6-7-9-13(12)11(4)16-14(15)10(2)3/h5-9,11H,1-2H2,3-4H3. The van der Waals surface area contributed by atoms with Gasteiger partial charge in [-0.1, -0.05) is 43.5 Å². The van der Waals surface area contributed by atoms with Gasteiger partial charge < -0.3 is 4.74 Å². The lowest BCUT2D eigenvalue weighted by molar-refractivity contribution is -0.143. The van der Waals surface area contributed by atoms with Crippen LogP contribution in [0.1, 0.15) is 31.1 Å². The van der Waals surface area contributed by atoms with E-state index in [0.717, 1.165) is 11.1 Å². The molecule has 1 aromatic carbocycles. The largest absolute Gasteiger partial charge is 0.454 e. The first kappa shape index (κ1) is 12.2. The zero-order valence-corrected chi connectivity index (χ0v) is 9.69. The number of carbonyl (C=O) groups is 1. The van der Waals surface area contributed by atoms with Crippen LogP contribution in [0.2, 0.25) is 0 Å². The molecule has 84 valence electrons. The molecule has 1 atom stereocenters. The molecular formula is C14H16O2. The fourth-order valence-corrected chi connectivity index (χ4v) is 1.39. The highest BCUT2D eigenvalue weighted by Gasteiger charge is 2.13. The van der Waals surface area contributed by atoms with Crippen molar-refractivity contribution in [2.45, 2.75) is 20.0 Å². The molecule has 0 fully saturated rings. The maximum atomic E-state index is 11.4. The first-order chi connectivity index (χ1) is 7.56. The Kier molecular flexibility index (Phi) is 4.06. The molecule has 0 heterocycles. The van der Waals surface area contributed by atoms with E-state index in [-0.39, 0.29) is 12.1 Å². The minimum Gasteiger partial charge on any atom is -0.454 e. The van der Waals surface area contributed by atoms with Crippen molar-refractivity contribution in [1.82, 2.24) is 0 Å². The topological polar surface area (TPSA) is 26.3 Å². The van der Waals surface area contributed by atoms with Gasteiger partial charge in [-0.15, -0.1) is 0 Å². The van der Waals surface area contributed by atoms with Gasteiger partial charge in [0.1, 0.15) is 6.10 Å². The summed E-state index contributed by atoms with van der Waals surface area (Å²) in [6.07, 6.45) is 1.46. The Morgan fingerprint density at radius 2 is 2.06 bits per heavy atom. The van der Waals surface area contributed by atoms with Crippen LogP contribution in [-0.4, -0.2) is 5.97 Å². The average molecular weight is 216 g/mol. The van der Waals surface area contributed by atoms with Gasteiger partial charge in [-0.3, -0.25) is 0 Å². The van der Waals surface area contributed by atoms with Gasteiger partial charge in [-0.05, 0) is 25.0 Å². The molecule has 0 aromatic heterocycles. The number of hydrogen-bond acceptors (Lipinski definition) is 2. The van der Waals surface area contributed by atoms with Crippen LogP contribution in [0.3, 0.4) is 0 Å². The van der Waals surface area contributed by atoms with Gasteiger partial charge in [-0.2, -0.15) is 0 Å². The molecular weight excluding hydrogens is 200 g/mol. The lowest BCUT2D eigenvalue weighted by atomic mass is 10.0. The number of rotatable bonds is 4. The van der Waals surface area contributed by atoms with Gasteiger partial charge in [0.05, 0.1) is 0 Å². The second-order valence-electron chi connectivity index (χ2n) is 3.66. The summed E-state index contributed by atoms with van der Waals surface area (Å²) in [6.45, 7) is 10.7. The second kappa shape index (κ2) is 5.31. The van der Waals surface area contributed by atoms with E-state index in [1.807, 2.05) is 31.2 Å². The quantitative estimate of drug-likeness (QED) is 0.568. The number of hydrogen-bond donors (Lipinski definition) is 0. The molecule has 1 unspecified atom stereocenters. The van der Waals surface area contributed by atoms with E-state index in [4.69, 9.17) is 4.74 Å². The van der Waals surface area contributed by atoms with Crippen LogP contribution in [0.5, 0.6) is 0 Å². The molecule has 1 rings (SSSR count). The Morgan fingerprint density at radius 3 is 2.62 bits per heavy atom. The molecule has 1 aromatic rings. The SMILES string of the molecule is C=Cc1ccccc1C(C)OC(=O)C(=C)C. The summed E-state index contributed by atoms with van der Waals surface area (Å²) >= 11 is 0. The Balaban J connectivity index is 2.88. The highest BCUT2D eigenvalue weighted by Crippen LogP contribution is 2.22. The zero-order valence-electron chi connectivity index (χ0n) is 9.69. The van der Waals surface area contributed by atoms with E-state index < -0.39 is 0 Å². The third kappa shape index (κ3) is 2.83. The van der Waals surface area contributed by atoms with Crippen molar-refractivity contribution in [2.75, 3.05) is 0 Å². The van der Waals surface area contributed by atoms with E-state index in [2.05, 4.69) is 13.2 Å². The summed E-state index contributed by atoms with van der Waals surface area (Å²) in [5.41, 5.74) is 2.33. The Morgan fingerprint density at radius 1 is 1.44 bits per heavy atom. The molecule has 0 spiro atoms. The summed E-state index contributed by atoms with van der Waals surface area (Å²) in [6, 6.07) is 7.70. The van der Waals surface area contributed by atoms with Crippen molar-refractivity contribution in [3.8, 4) is 0 Å². The first-order valence-electron chi connectivity index (χ1n) is 5.14. The van der Waals surface area contributed by atoms with Gasteiger partial charge in [0.15, 0.2) is 0 Å². The van der Waals surface area contributed by atoms with E-state index in [1.165, 1.54) is 0 Å². The van der Waals surface area contributed by atoms with Gasteiger partial charge in [0.2, 0.25) is 0 Å². The molecule has 16 heavy (non-hydrogen) atoms. The smallest absolute Gasteiger partial charge is 0.333 e. The molecule has 0 N–H and O–H groups in total. The monoisotopic (exact) mass is 216 g/mol. The molecule has 2 heteroatoms. The maximum absolute atomic E-state index is 11.4. The van der Waals surface area contributed by atoms with Crippen molar-refractivity contribution in [2.24, 2.45) is 0 Å². The number of benzene rings is 1. The number of esters is 1. The molecule has 0 aliphatic rings. The van der Waals surface area contributed by atoms with Crippen LogP contribution in [0, 0.1) is 0 Å². The Bertz CT molecular complexity index is 418. The third-order valence-corrected chi connectivity index (χ3v) is 2.29. The normalized spacial score (nSPS) is 11.6. The number of ether oxygens (including phenoxy) is 1. The van der Waals surface area contributed by atoms with Gasteiger partial charge in [0.25, 0.3) is 0 Å². The molecule has 0 amide bonds.